The van der Waals surface area contributed by atoms with Crippen molar-refractivity contribution in [2.75, 3.05) is 11.4 Å². The monoisotopic (exact) mass is 273 g/mol. The maximum atomic E-state index is 12.5. The molecule has 0 unspecified atom stereocenters. The van der Waals surface area contributed by atoms with Gasteiger partial charge in [0.2, 0.25) is 11.8 Å². The summed E-state index contributed by atoms with van der Waals surface area (Å²) in [4.78, 5) is 30.2. The van der Waals surface area contributed by atoms with E-state index in [4.69, 9.17) is 0 Å². The average molecular weight is 273 g/mol. The van der Waals surface area contributed by atoms with Crippen molar-refractivity contribution in [3.8, 4) is 0 Å². The lowest BCUT2D eigenvalue weighted by Gasteiger charge is -2.32. The van der Waals surface area contributed by atoms with Gasteiger partial charge in [-0.2, -0.15) is 0 Å². The first-order valence-electron chi connectivity index (χ1n) is 7.18. The van der Waals surface area contributed by atoms with Crippen molar-refractivity contribution in [3.63, 3.8) is 0 Å². The van der Waals surface area contributed by atoms with E-state index in [1.165, 1.54) is 0 Å². The summed E-state index contributed by atoms with van der Waals surface area (Å²) in [6.07, 6.45) is 5.93. The van der Waals surface area contributed by atoms with Gasteiger partial charge in [0.15, 0.2) is 0 Å². The third-order valence-corrected chi connectivity index (χ3v) is 4.16. The molecule has 1 aliphatic heterocycles. The van der Waals surface area contributed by atoms with Gasteiger partial charge in [0.25, 0.3) is 0 Å². The van der Waals surface area contributed by atoms with Crippen LogP contribution in [0.25, 0.3) is 0 Å². The number of carbonyl (C=O) groups is 2. The molecule has 1 aromatic rings. The van der Waals surface area contributed by atoms with E-state index in [9.17, 15) is 9.59 Å². The van der Waals surface area contributed by atoms with Crippen molar-refractivity contribution in [1.29, 1.82) is 0 Å². The number of pyridine rings is 1. The molecule has 3 atom stereocenters. The molecule has 0 bridgehead atoms. The van der Waals surface area contributed by atoms with E-state index < -0.39 is 0 Å². The van der Waals surface area contributed by atoms with Crippen molar-refractivity contribution in [3.05, 3.63) is 24.5 Å². The highest BCUT2D eigenvalue weighted by Crippen LogP contribution is 2.37. The minimum atomic E-state index is -0.385. The van der Waals surface area contributed by atoms with Gasteiger partial charge in [0.1, 0.15) is 6.04 Å². The number of aromatic nitrogens is 1. The molecule has 106 valence electrons. The molecule has 1 aromatic heterocycles. The number of nitrogens with one attached hydrogen (secondary N) is 1. The molecular formula is C15H19N3O2. The Kier molecular flexibility index (Phi) is 3.42. The van der Waals surface area contributed by atoms with Gasteiger partial charge in [-0.05, 0) is 37.3 Å². The Morgan fingerprint density at radius 2 is 2.30 bits per heavy atom. The number of anilines is 1. The number of rotatable bonds is 3. The lowest BCUT2D eigenvalue weighted by Crippen LogP contribution is -2.52. The molecule has 0 aromatic carbocycles. The van der Waals surface area contributed by atoms with Crippen LogP contribution in [0.4, 0.5) is 5.69 Å². The van der Waals surface area contributed by atoms with Crippen molar-refractivity contribution in [2.24, 2.45) is 11.8 Å². The summed E-state index contributed by atoms with van der Waals surface area (Å²) in [5, 5.41) is 2.91. The molecule has 20 heavy (non-hydrogen) atoms. The zero-order chi connectivity index (χ0) is 14.1. The highest BCUT2D eigenvalue weighted by molar-refractivity contribution is 6.00. The summed E-state index contributed by atoms with van der Waals surface area (Å²) >= 11 is 0. The summed E-state index contributed by atoms with van der Waals surface area (Å²) in [7, 11) is 0. The fourth-order valence-corrected chi connectivity index (χ4v) is 2.75. The number of nitrogens with zero attached hydrogens (tertiary/aromatic N) is 2. The maximum absolute atomic E-state index is 12.5. The molecule has 5 nitrogen and oxygen atoms in total. The van der Waals surface area contributed by atoms with Crippen LogP contribution in [-0.4, -0.2) is 29.4 Å². The fraction of sp³-hybridized carbons (Fsp3) is 0.533. The molecule has 1 saturated heterocycles. The minimum absolute atomic E-state index is 0.0223. The smallest absolute Gasteiger partial charge is 0.249 e. The van der Waals surface area contributed by atoms with Gasteiger partial charge in [-0.15, -0.1) is 0 Å². The molecule has 2 heterocycles. The Balaban J connectivity index is 1.67. The number of amides is 2. The Hall–Kier alpha value is -1.91. The zero-order valence-corrected chi connectivity index (χ0v) is 11.6. The third kappa shape index (κ3) is 2.53. The van der Waals surface area contributed by atoms with Crippen LogP contribution in [0.2, 0.25) is 0 Å². The number of piperidine rings is 1. The maximum Gasteiger partial charge on any atom is 0.249 e. The molecule has 0 spiro atoms. The van der Waals surface area contributed by atoms with Gasteiger partial charge in [-0.25, -0.2) is 0 Å². The molecule has 2 fully saturated rings. The van der Waals surface area contributed by atoms with Crippen LogP contribution in [-0.2, 0) is 9.59 Å². The van der Waals surface area contributed by atoms with Crippen molar-refractivity contribution < 1.29 is 9.59 Å². The van der Waals surface area contributed by atoms with E-state index in [-0.39, 0.29) is 23.8 Å². The van der Waals surface area contributed by atoms with Crippen molar-refractivity contribution >= 4 is 17.5 Å². The summed E-state index contributed by atoms with van der Waals surface area (Å²) in [5.74, 6) is 0.578. The number of carbonyl (C=O) groups excluding carboxylic acids is 2. The standard InChI is InChI=1S/C15H19N3O2/c1-10-8-12(10)14(19)17-13-5-3-7-18(15(13)20)11-4-2-6-16-9-11/h2,4,6,9-10,12-13H,3,5,7-8H2,1H3,(H,17,19)/t10-,12+,13+/m1/s1. The first-order chi connectivity index (χ1) is 9.66. The first-order valence-corrected chi connectivity index (χ1v) is 7.18. The van der Waals surface area contributed by atoms with E-state index in [1.54, 1.807) is 17.3 Å². The zero-order valence-electron chi connectivity index (χ0n) is 11.6. The van der Waals surface area contributed by atoms with Crippen LogP contribution in [0.5, 0.6) is 0 Å². The molecule has 2 amide bonds. The second kappa shape index (κ2) is 5.23. The fourth-order valence-electron chi connectivity index (χ4n) is 2.75. The van der Waals surface area contributed by atoms with Crippen LogP contribution in [0.1, 0.15) is 26.2 Å². The van der Waals surface area contributed by atoms with Crippen LogP contribution in [0.15, 0.2) is 24.5 Å². The van der Waals surface area contributed by atoms with Crippen LogP contribution in [0, 0.1) is 11.8 Å². The predicted molar refractivity (Wildman–Crippen MR) is 75.0 cm³/mol. The van der Waals surface area contributed by atoms with E-state index in [0.717, 1.165) is 24.9 Å². The van der Waals surface area contributed by atoms with Crippen LogP contribution >= 0.6 is 0 Å². The van der Waals surface area contributed by atoms with Gasteiger partial charge in [0, 0.05) is 18.7 Å². The summed E-state index contributed by atoms with van der Waals surface area (Å²) in [6, 6.07) is 3.30. The highest BCUT2D eigenvalue weighted by Gasteiger charge is 2.41. The van der Waals surface area contributed by atoms with Crippen molar-refractivity contribution in [2.45, 2.75) is 32.2 Å². The summed E-state index contributed by atoms with van der Waals surface area (Å²) in [6.45, 7) is 2.76. The number of hydrogen-bond acceptors (Lipinski definition) is 3. The normalized spacial score (nSPS) is 29.1. The molecule has 1 saturated carbocycles. The van der Waals surface area contributed by atoms with Crippen LogP contribution in [0.3, 0.4) is 0 Å². The van der Waals surface area contributed by atoms with Crippen molar-refractivity contribution in [1.82, 2.24) is 10.3 Å². The SMILES string of the molecule is C[C@@H]1C[C@@H]1C(=O)N[C@H]1CCCN(c2cccnc2)C1=O. The minimum Gasteiger partial charge on any atom is -0.344 e. The third-order valence-electron chi connectivity index (χ3n) is 4.16. The average Bonchev–Trinajstić information content (AvgIpc) is 3.19. The van der Waals surface area contributed by atoms with E-state index >= 15 is 0 Å². The van der Waals surface area contributed by atoms with E-state index in [2.05, 4.69) is 17.2 Å². The molecule has 1 aliphatic carbocycles. The van der Waals surface area contributed by atoms with Gasteiger partial charge >= 0.3 is 0 Å². The Labute approximate surface area is 118 Å². The Bertz CT molecular complexity index is 517. The van der Waals surface area contributed by atoms with Gasteiger partial charge in [-0.1, -0.05) is 6.92 Å². The number of hydrogen-bond donors (Lipinski definition) is 1. The second-order valence-corrected chi connectivity index (χ2v) is 5.72. The molecule has 1 N–H and O–H groups in total. The van der Waals surface area contributed by atoms with Crippen LogP contribution < -0.4 is 10.2 Å². The molecular weight excluding hydrogens is 254 g/mol. The molecule has 2 aliphatic rings. The van der Waals surface area contributed by atoms with Gasteiger partial charge in [0.05, 0.1) is 11.9 Å². The second-order valence-electron chi connectivity index (χ2n) is 5.72. The highest BCUT2D eigenvalue weighted by atomic mass is 16.2. The summed E-state index contributed by atoms with van der Waals surface area (Å²) in [5.41, 5.74) is 0.802. The lowest BCUT2D eigenvalue weighted by atomic mass is 10.0. The predicted octanol–water partition coefficient (Wildman–Crippen LogP) is 1.35. The van der Waals surface area contributed by atoms with E-state index in [0.29, 0.717) is 12.5 Å². The molecule has 5 heteroatoms. The first kappa shape index (κ1) is 13.1. The van der Waals surface area contributed by atoms with Gasteiger partial charge in [-0.3, -0.25) is 14.6 Å². The quantitative estimate of drug-likeness (QED) is 0.904. The summed E-state index contributed by atoms with van der Waals surface area (Å²) < 4.78 is 0. The Morgan fingerprint density at radius 3 is 2.95 bits per heavy atom. The molecule has 0 radical (unpaired) electrons. The topological polar surface area (TPSA) is 62.3 Å². The Morgan fingerprint density at radius 1 is 1.50 bits per heavy atom. The molecule has 3 rings (SSSR count). The van der Waals surface area contributed by atoms with E-state index in [1.807, 2.05) is 12.1 Å². The largest absolute Gasteiger partial charge is 0.344 e. The van der Waals surface area contributed by atoms with Gasteiger partial charge < -0.3 is 10.2 Å². The lowest BCUT2D eigenvalue weighted by molar-refractivity contribution is -0.129.